The fourth-order valence-corrected chi connectivity index (χ4v) is 1.44. The Balaban J connectivity index is 2.08. The van der Waals surface area contributed by atoms with Crippen LogP contribution in [-0.4, -0.2) is 37.3 Å². The van der Waals surface area contributed by atoms with Crippen molar-refractivity contribution < 1.29 is 14.3 Å². The maximum Gasteiger partial charge on any atom is 0.267 e. The lowest BCUT2D eigenvalue weighted by atomic mass is 10.1. The molecular formula is C12H21N3O3. The van der Waals surface area contributed by atoms with Crippen molar-refractivity contribution in [2.75, 3.05) is 19.8 Å². The van der Waals surface area contributed by atoms with E-state index in [2.05, 4.69) is 29.7 Å². The van der Waals surface area contributed by atoms with Crippen molar-refractivity contribution in [3.63, 3.8) is 0 Å². The third kappa shape index (κ3) is 5.77. The summed E-state index contributed by atoms with van der Waals surface area (Å²) in [5.41, 5.74) is 2.69. The molecule has 0 fully saturated rings. The van der Waals surface area contributed by atoms with Crippen LogP contribution in [0, 0.1) is 5.92 Å². The van der Waals surface area contributed by atoms with E-state index in [9.17, 15) is 9.59 Å². The van der Waals surface area contributed by atoms with Gasteiger partial charge in [0.05, 0.1) is 0 Å². The number of amides is 2. The van der Waals surface area contributed by atoms with Gasteiger partial charge in [-0.05, 0) is 12.3 Å². The smallest absolute Gasteiger partial charge is 0.267 e. The lowest BCUT2D eigenvalue weighted by Crippen LogP contribution is -2.37. The van der Waals surface area contributed by atoms with Gasteiger partial charge in [-0.1, -0.05) is 13.8 Å². The Morgan fingerprint density at radius 2 is 2.28 bits per heavy atom. The average Bonchev–Trinajstić information content (AvgIpc) is 2.34. The van der Waals surface area contributed by atoms with Crippen LogP contribution in [-0.2, 0) is 14.3 Å². The van der Waals surface area contributed by atoms with Gasteiger partial charge >= 0.3 is 0 Å². The highest BCUT2D eigenvalue weighted by Gasteiger charge is 2.17. The SMILES string of the molecule is CC(C)COCCCNC(=O)C1=NNC(=O)CC1. The number of nitrogens with zero attached hydrogens (tertiary/aromatic N) is 1. The minimum atomic E-state index is -0.209. The summed E-state index contributed by atoms with van der Waals surface area (Å²) >= 11 is 0. The molecule has 6 nitrogen and oxygen atoms in total. The summed E-state index contributed by atoms with van der Waals surface area (Å²) in [6, 6.07) is 0. The van der Waals surface area contributed by atoms with E-state index in [1.54, 1.807) is 0 Å². The van der Waals surface area contributed by atoms with E-state index in [1.807, 2.05) is 0 Å². The minimum Gasteiger partial charge on any atom is -0.381 e. The number of hydrogen-bond acceptors (Lipinski definition) is 4. The van der Waals surface area contributed by atoms with Gasteiger partial charge in [-0.15, -0.1) is 0 Å². The molecule has 1 aliphatic heterocycles. The molecule has 18 heavy (non-hydrogen) atoms. The van der Waals surface area contributed by atoms with Gasteiger partial charge < -0.3 is 10.1 Å². The number of ether oxygens (including phenoxy) is 1. The van der Waals surface area contributed by atoms with Crippen LogP contribution in [0.2, 0.25) is 0 Å². The van der Waals surface area contributed by atoms with Crippen molar-refractivity contribution in [3.8, 4) is 0 Å². The van der Waals surface area contributed by atoms with Crippen molar-refractivity contribution in [2.24, 2.45) is 11.0 Å². The fraction of sp³-hybridized carbons (Fsp3) is 0.750. The number of hydrazone groups is 1. The first-order chi connectivity index (χ1) is 8.59. The molecule has 2 amide bonds. The van der Waals surface area contributed by atoms with E-state index < -0.39 is 0 Å². The van der Waals surface area contributed by atoms with E-state index in [4.69, 9.17) is 4.74 Å². The number of nitrogens with one attached hydrogen (secondary N) is 2. The van der Waals surface area contributed by atoms with E-state index in [1.165, 1.54) is 0 Å². The Morgan fingerprint density at radius 3 is 2.89 bits per heavy atom. The predicted octanol–water partition coefficient (Wildman–Crippen LogP) is 0.431. The Bertz CT molecular complexity index is 327. The molecule has 2 N–H and O–H groups in total. The van der Waals surface area contributed by atoms with Gasteiger partial charge in [0.2, 0.25) is 5.91 Å². The van der Waals surface area contributed by atoms with Crippen molar-refractivity contribution in [1.82, 2.24) is 10.7 Å². The molecule has 0 atom stereocenters. The lowest BCUT2D eigenvalue weighted by Gasteiger charge is -2.12. The van der Waals surface area contributed by atoms with Crippen molar-refractivity contribution in [2.45, 2.75) is 33.1 Å². The maximum atomic E-state index is 11.6. The summed E-state index contributed by atoms with van der Waals surface area (Å²) in [6.45, 7) is 6.13. The van der Waals surface area contributed by atoms with E-state index in [-0.39, 0.29) is 11.8 Å². The first-order valence-corrected chi connectivity index (χ1v) is 6.31. The summed E-state index contributed by atoms with van der Waals surface area (Å²) in [6.07, 6.45) is 1.50. The van der Waals surface area contributed by atoms with Crippen LogP contribution in [0.4, 0.5) is 0 Å². The molecule has 6 heteroatoms. The quantitative estimate of drug-likeness (QED) is 0.647. The van der Waals surface area contributed by atoms with Gasteiger partial charge in [0.25, 0.3) is 5.91 Å². The molecule has 0 unspecified atom stereocenters. The highest BCUT2D eigenvalue weighted by atomic mass is 16.5. The van der Waals surface area contributed by atoms with E-state index >= 15 is 0 Å². The zero-order valence-electron chi connectivity index (χ0n) is 11.0. The molecule has 0 aromatic rings. The van der Waals surface area contributed by atoms with Crippen LogP contribution in [0.25, 0.3) is 0 Å². The molecule has 0 spiro atoms. The van der Waals surface area contributed by atoms with Crippen molar-refractivity contribution in [1.29, 1.82) is 0 Å². The summed E-state index contributed by atoms with van der Waals surface area (Å²) in [5.74, 6) is 0.173. The molecule has 0 saturated heterocycles. The van der Waals surface area contributed by atoms with Crippen LogP contribution in [0.3, 0.4) is 0 Å². The van der Waals surface area contributed by atoms with Gasteiger partial charge in [-0.2, -0.15) is 5.10 Å². The highest BCUT2D eigenvalue weighted by molar-refractivity contribution is 6.39. The lowest BCUT2D eigenvalue weighted by molar-refractivity contribution is -0.121. The standard InChI is InChI=1S/C12H21N3O3/c1-9(2)8-18-7-3-6-13-12(17)10-4-5-11(16)15-14-10/h9H,3-8H2,1-2H3,(H,13,17)(H,15,16). The number of rotatable bonds is 7. The third-order valence-electron chi connectivity index (χ3n) is 2.37. The Kier molecular flexibility index (Phi) is 6.35. The van der Waals surface area contributed by atoms with Gasteiger partial charge in [-0.25, -0.2) is 5.43 Å². The van der Waals surface area contributed by atoms with E-state index in [0.29, 0.717) is 37.6 Å². The van der Waals surface area contributed by atoms with Crippen LogP contribution in [0.1, 0.15) is 33.1 Å². The first-order valence-electron chi connectivity index (χ1n) is 6.31. The Labute approximate surface area is 107 Å². The molecule has 1 heterocycles. The molecule has 0 bridgehead atoms. The molecule has 0 aromatic heterocycles. The molecule has 102 valence electrons. The summed E-state index contributed by atoms with van der Waals surface area (Å²) in [4.78, 5) is 22.5. The fourth-order valence-electron chi connectivity index (χ4n) is 1.44. The molecule has 0 aromatic carbocycles. The zero-order chi connectivity index (χ0) is 13.4. The normalized spacial score (nSPS) is 15.3. The second-order valence-corrected chi connectivity index (χ2v) is 4.67. The Hall–Kier alpha value is -1.43. The zero-order valence-corrected chi connectivity index (χ0v) is 11.0. The molecular weight excluding hydrogens is 234 g/mol. The molecule has 1 aliphatic rings. The maximum absolute atomic E-state index is 11.6. The third-order valence-corrected chi connectivity index (χ3v) is 2.37. The average molecular weight is 255 g/mol. The molecule has 0 radical (unpaired) electrons. The Morgan fingerprint density at radius 1 is 1.50 bits per heavy atom. The predicted molar refractivity (Wildman–Crippen MR) is 68.1 cm³/mol. The van der Waals surface area contributed by atoms with Gasteiger partial charge in [0.1, 0.15) is 5.71 Å². The van der Waals surface area contributed by atoms with Gasteiger partial charge in [0, 0.05) is 32.6 Å². The van der Waals surface area contributed by atoms with Crippen LogP contribution >= 0.6 is 0 Å². The number of hydrogen-bond donors (Lipinski definition) is 2. The van der Waals surface area contributed by atoms with Crippen molar-refractivity contribution >= 4 is 17.5 Å². The second kappa shape index (κ2) is 7.81. The van der Waals surface area contributed by atoms with Crippen molar-refractivity contribution in [3.05, 3.63) is 0 Å². The number of carbonyl (C=O) groups excluding carboxylic acids is 2. The summed E-state index contributed by atoms with van der Waals surface area (Å²) < 4.78 is 5.40. The minimum absolute atomic E-state index is 0.145. The topological polar surface area (TPSA) is 79.8 Å². The number of carbonyl (C=O) groups is 2. The van der Waals surface area contributed by atoms with Gasteiger partial charge in [0.15, 0.2) is 0 Å². The van der Waals surface area contributed by atoms with Crippen LogP contribution in [0.15, 0.2) is 5.10 Å². The highest BCUT2D eigenvalue weighted by Crippen LogP contribution is 1.99. The van der Waals surface area contributed by atoms with E-state index in [0.717, 1.165) is 13.0 Å². The van der Waals surface area contributed by atoms with Crippen LogP contribution in [0.5, 0.6) is 0 Å². The summed E-state index contributed by atoms with van der Waals surface area (Å²) in [7, 11) is 0. The second-order valence-electron chi connectivity index (χ2n) is 4.67. The molecule has 0 aliphatic carbocycles. The molecule has 1 rings (SSSR count). The first kappa shape index (κ1) is 14.6. The molecule has 0 saturated carbocycles. The van der Waals surface area contributed by atoms with Crippen LogP contribution < -0.4 is 10.7 Å². The monoisotopic (exact) mass is 255 g/mol. The largest absolute Gasteiger partial charge is 0.381 e. The van der Waals surface area contributed by atoms with Gasteiger partial charge in [-0.3, -0.25) is 9.59 Å². The summed E-state index contributed by atoms with van der Waals surface area (Å²) in [5, 5.41) is 6.48.